The topological polar surface area (TPSA) is 174 Å². The summed E-state index contributed by atoms with van der Waals surface area (Å²) in [7, 11) is -0.925. The highest BCUT2D eigenvalue weighted by atomic mass is 28.4. The van der Waals surface area contributed by atoms with E-state index in [0.29, 0.717) is 86.6 Å². The molecule has 2 atom stereocenters. The third-order valence-corrected chi connectivity index (χ3v) is 21.3. The van der Waals surface area contributed by atoms with Crippen molar-refractivity contribution in [2.24, 2.45) is 5.73 Å². The van der Waals surface area contributed by atoms with Crippen LogP contribution < -0.4 is 35.2 Å². The van der Waals surface area contributed by atoms with E-state index in [2.05, 4.69) is 67.7 Å². The molecule has 0 aromatic heterocycles. The molecule has 4 N–H and O–H groups in total. The number of hydrogen-bond donors (Lipinski definition) is 2. The van der Waals surface area contributed by atoms with Crippen LogP contribution in [-0.4, -0.2) is 110 Å². The summed E-state index contributed by atoms with van der Waals surface area (Å²) in [5.41, 5.74) is 12.7. The first kappa shape index (κ1) is 46.7. The smallest absolute Gasteiger partial charge is 0.409 e. The predicted octanol–water partition coefficient (Wildman–Crippen LogP) is 7.84. The zero-order valence-corrected chi connectivity index (χ0v) is 38.9. The highest BCUT2D eigenvalue weighted by Crippen LogP contribution is 2.41. The maximum Gasteiger partial charge on any atom is 0.409 e. The van der Waals surface area contributed by atoms with Crippen LogP contribution >= 0.6 is 0 Å². The number of nitrogens with two attached hydrogens (primary N) is 2. The quantitative estimate of drug-likeness (QED) is 0.0801. The summed E-state index contributed by atoms with van der Waals surface area (Å²) in [6, 6.07) is 6.23. The Bertz CT molecular complexity index is 1780. The molecule has 2 saturated heterocycles. The molecule has 16 heteroatoms. The minimum absolute atomic E-state index is 0.000970. The molecule has 0 saturated carbocycles. The number of nitrogen functional groups attached to an aromatic ring is 1. The Labute approximate surface area is 347 Å². The van der Waals surface area contributed by atoms with Crippen molar-refractivity contribution in [3.63, 3.8) is 0 Å². The number of amides is 3. The van der Waals surface area contributed by atoms with Crippen molar-refractivity contribution in [3.05, 3.63) is 35.4 Å². The predicted molar refractivity (Wildman–Crippen MR) is 231 cm³/mol. The van der Waals surface area contributed by atoms with E-state index in [4.69, 9.17) is 44.0 Å². The number of ether oxygens (including phenoxy) is 5. The van der Waals surface area contributed by atoms with Gasteiger partial charge in [0.2, 0.25) is 0 Å². The Hall–Kier alpha value is -4.00. The van der Waals surface area contributed by atoms with Gasteiger partial charge in [0, 0.05) is 37.0 Å². The van der Waals surface area contributed by atoms with Crippen LogP contribution in [0.3, 0.4) is 0 Å². The minimum Gasteiger partial charge on any atom is -0.493 e. The minimum atomic E-state index is -2.00. The summed E-state index contributed by atoms with van der Waals surface area (Å²) in [6.45, 7) is 24.8. The molecule has 324 valence electrons. The standard InChI is InChI=1S/C42H68N4O10Si2/c1-41(2,3)57(9,10)54-26-28-16-18-45(28)38(47)30-22-34(50-7)36(24-32(30)43)52-20-14-13-15-21-53-37-25-33(56-40(44)49)31(23-35(37)51-8)39(48)46-19-17-29(46)27-55-58(11,12)42(4,5)6/h22-25,28-29H,13-21,26-27,43H2,1-12H3,(H2,44,49)/t28-,29-/m0/s1. The van der Waals surface area contributed by atoms with Gasteiger partial charge in [0.15, 0.2) is 39.6 Å². The third kappa shape index (κ3) is 11.2. The fraction of sp³-hybridized carbons (Fsp3) is 0.643. The molecule has 0 unspecified atom stereocenters. The van der Waals surface area contributed by atoms with E-state index >= 15 is 0 Å². The Morgan fingerprint density at radius 1 is 0.655 bits per heavy atom. The fourth-order valence-corrected chi connectivity index (χ4v) is 8.15. The van der Waals surface area contributed by atoms with E-state index in [1.807, 2.05) is 4.90 Å². The number of anilines is 1. The van der Waals surface area contributed by atoms with Gasteiger partial charge in [-0.2, -0.15) is 0 Å². The SMILES string of the molecule is COc1cc(C(=O)N2CC[C@H]2CO[Si](C)(C)C(C)(C)C)c(N)cc1OCCCCCOc1cc(OC(N)=O)c(C(=O)N2CC[C@H]2CO[Si](C)(C)C(C)(C)C)cc1OC. The molecular formula is C42H68N4O10Si2. The summed E-state index contributed by atoms with van der Waals surface area (Å²) in [5.74, 6) is 1.09. The number of hydrogen-bond acceptors (Lipinski definition) is 11. The number of carbonyl (C=O) groups is 3. The Morgan fingerprint density at radius 3 is 1.48 bits per heavy atom. The van der Waals surface area contributed by atoms with Crippen molar-refractivity contribution < 1.29 is 46.9 Å². The number of rotatable bonds is 19. The first-order valence-electron chi connectivity index (χ1n) is 20.3. The lowest BCUT2D eigenvalue weighted by molar-refractivity contribution is 0.0308. The van der Waals surface area contributed by atoms with Gasteiger partial charge in [-0.05, 0) is 74.4 Å². The lowest BCUT2D eigenvalue weighted by atomic mass is 10.0. The van der Waals surface area contributed by atoms with Gasteiger partial charge in [-0.3, -0.25) is 9.59 Å². The zero-order valence-electron chi connectivity index (χ0n) is 36.9. The van der Waals surface area contributed by atoms with Gasteiger partial charge in [0.25, 0.3) is 11.8 Å². The molecule has 3 amide bonds. The highest BCUT2D eigenvalue weighted by molar-refractivity contribution is 6.74. The largest absolute Gasteiger partial charge is 0.493 e. The van der Waals surface area contributed by atoms with E-state index in [-0.39, 0.29) is 45.3 Å². The lowest BCUT2D eigenvalue weighted by Gasteiger charge is -2.44. The molecule has 2 aliphatic heterocycles. The average Bonchev–Trinajstić information content (AvgIpc) is 3.09. The third-order valence-electron chi connectivity index (χ3n) is 12.3. The van der Waals surface area contributed by atoms with E-state index in [9.17, 15) is 14.4 Å². The number of unbranched alkanes of at least 4 members (excludes halogenated alkanes) is 2. The van der Waals surface area contributed by atoms with Crippen LogP contribution in [0.15, 0.2) is 24.3 Å². The molecule has 2 aliphatic rings. The summed E-state index contributed by atoms with van der Waals surface area (Å²) in [5, 5.41) is 0.136. The van der Waals surface area contributed by atoms with E-state index < -0.39 is 22.7 Å². The molecule has 2 aromatic carbocycles. The summed E-state index contributed by atoms with van der Waals surface area (Å²) >= 11 is 0. The second-order valence-electron chi connectivity index (χ2n) is 18.3. The molecule has 2 heterocycles. The molecule has 2 aromatic rings. The van der Waals surface area contributed by atoms with E-state index in [1.165, 1.54) is 26.4 Å². The number of methoxy groups -OCH3 is 2. The van der Waals surface area contributed by atoms with Gasteiger partial charge in [-0.1, -0.05) is 41.5 Å². The molecule has 0 aliphatic carbocycles. The summed E-state index contributed by atoms with van der Waals surface area (Å²) in [4.78, 5) is 42.7. The number of nitrogens with zero attached hydrogens (tertiary/aromatic N) is 2. The zero-order chi connectivity index (χ0) is 43.2. The van der Waals surface area contributed by atoms with E-state index in [1.54, 1.807) is 17.0 Å². The Balaban J connectivity index is 1.29. The highest BCUT2D eigenvalue weighted by Gasteiger charge is 2.42. The van der Waals surface area contributed by atoms with Crippen LogP contribution in [0.1, 0.15) is 94.4 Å². The van der Waals surface area contributed by atoms with Crippen molar-refractivity contribution in [2.45, 2.75) is 122 Å². The number of carbonyl (C=O) groups excluding carboxylic acids is 3. The molecule has 14 nitrogen and oxygen atoms in total. The first-order valence-corrected chi connectivity index (χ1v) is 26.1. The second kappa shape index (κ2) is 18.9. The first-order chi connectivity index (χ1) is 27.0. The van der Waals surface area contributed by atoms with Crippen LogP contribution in [0, 0.1) is 0 Å². The lowest BCUT2D eigenvalue weighted by Crippen LogP contribution is -2.55. The molecule has 2 fully saturated rings. The maximum absolute atomic E-state index is 13.7. The monoisotopic (exact) mass is 844 g/mol. The van der Waals surface area contributed by atoms with Crippen molar-refractivity contribution in [2.75, 3.05) is 59.5 Å². The van der Waals surface area contributed by atoms with Gasteiger partial charge in [-0.25, -0.2) is 4.79 Å². The summed E-state index contributed by atoms with van der Waals surface area (Å²) < 4.78 is 41.4. The molecule has 0 spiro atoms. The molecular weight excluding hydrogens is 777 g/mol. The van der Waals surface area contributed by atoms with Crippen LogP contribution in [-0.2, 0) is 8.85 Å². The molecule has 4 rings (SSSR count). The van der Waals surface area contributed by atoms with Crippen molar-refractivity contribution in [1.82, 2.24) is 9.80 Å². The van der Waals surface area contributed by atoms with Gasteiger partial charge in [0.1, 0.15) is 5.75 Å². The Kier molecular flexibility index (Phi) is 15.2. The number of likely N-dealkylation sites (tertiary alicyclic amines) is 2. The molecule has 0 radical (unpaired) electrons. The van der Waals surface area contributed by atoms with Crippen molar-refractivity contribution in [3.8, 4) is 28.7 Å². The van der Waals surface area contributed by atoms with Crippen LogP contribution in [0.4, 0.5) is 10.5 Å². The Morgan fingerprint density at radius 2 is 1.09 bits per heavy atom. The van der Waals surface area contributed by atoms with Gasteiger partial charge >= 0.3 is 6.09 Å². The van der Waals surface area contributed by atoms with Gasteiger partial charge in [-0.15, -0.1) is 0 Å². The van der Waals surface area contributed by atoms with Crippen molar-refractivity contribution >= 4 is 40.2 Å². The maximum atomic E-state index is 13.7. The molecule has 0 bridgehead atoms. The normalized spacial score (nSPS) is 17.2. The van der Waals surface area contributed by atoms with Crippen molar-refractivity contribution in [1.29, 1.82) is 0 Å². The van der Waals surface area contributed by atoms with E-state index in [0.717, 1.165) is 19.3 Å². The number of primary amides is 1. The van der Waals surface area contributed by atoms with Crippen LogP contribution in [0.2, 0.25) is 36.3 Å². The van der Waals surface area contributed by atoms with Crippen LogP contribution in [0.25, 0.3) is 0 Å². The average molecular weight is 845 g/mol. The fourth-order valence-electron chi connectivity index (χ4n) is 6.07. The van der Waals surface area contributed by atoms with Gasteiger partial charge in [0.05, 0.1) is 63.9 Å². The number of benzene rings is 2. The summed E-state index contributed by atoms with van der Waals surface area (Å²) in [6.07, 6.45) is 2.80. The van der Waals surface area contributed by atoms with Gasteiger partial charge < -0.3 is 53.8 Å². The van der Waals surface area contributed by atoms with Crippen LogP contribution in [0.5, 0.6) is 28.7 Å². The second-order valence-corrected chi connectivity index (χ2v) is 27.9. The molecule has 58 heavy (non-hydrogen) atoms.